The van der Waals surface area contributed by atoms with Gasteiger partial charge in [-0.05, 0) is 65.9 Å². The number of benzene rings is 3. The number of aromatic amines is 1. The van der Waals surface area contributed by atoms with E-state index in [1.54, 1.807) is 12.1 Å². The van der Waals surface area contributed by atoms with Crippen molar-refractivity contribution in [3.8, 4) is 22.8 Å². The number of H-pyrrole nitrogens is 1. The molecule has 0 saturated carbocycles. The van der Waals surface area contributed by atoms with E-state index in [4.69, 9.17) is 0 Å². The average molecular weight is 528 g/mol. The lowest BCUT2D eigenvalue weighted by Gasteiger charge is -2.18. The third-order valence-corrected chi connectivity index (χ3v) is 7.10. The molecule has 38 heavy (non-hydrogen) atoms. The van der Waals surface area contributed by atoms with Gasteiger partial charge in [0.05, 0.1) is 22.1 Å². The molecule has 8 heteroatoms. The minimum Gasteiger partial charge on any atom is -0.872 e. The molecule has 0 aliphatic heterocycles. The van der Waals surface area contributed by atoms with Crippen LogP contribution in [0.2, 0.25) is 0 Å². The van der Waals surface area contributed by atoms with Crippen molar-refractivity contribution >= 4 is 23.4 Å². The van der Waals surface area contributed by atoms with Crippen molar-refractivity contribution in [1.29, 1.82) is 0 Å². The molecule has 1 aromatic heterocycles. The van der Waals surface area contributed by atoms with E-state index in [0.717, 1.165) is 28.2 Å². The normalized spacial score (nSPS) is 12.0. The number of amides is 1. The largest absolute Gasteiger partial charge is 0.872 e. The molecule has 0 radical (unpaired) electrons. The Kier molecular flexibility index (Phi) is 8.32. The molecule has 1 amide bonds. The van der Waals surface area contributed by atoms with Crippen LogP contribution in [0.15, 0.2) is 83.1 Å². The van der Waals surface area contributed by atoms with Crippen LogP contribution in [-0.2, 0) is 10.2 Å². The highest BCUT2D eigenvalue weighted by molar-refractivity contribution is 7.99. The van der Waals surface area contributed by atoms with Crippen LogP contribution in [0.25, 0.3) is 17.1 Å². The number of rotatable bonds is 8. The summed E-state index contributed by atoms with van der Waals surface area (Å²) < 4.78 is 2.04. The van der Waals surface area contributed by atoms with E-state index in [0.29, 0.717) is 17.3 Å². The Morgan fingerprint density at radius 3 is 2.29 bits per heavy atom. The van der Waals surface area contributed by atoms with Gasteiger partial charge in [-0.1, -0.05) is 81.8 Å². The van der Waals surface area contributed by atoms with Gasteiger partial charge < -0.3 is 5.11 Å². The molecule has 196 valence electrons. The van der Waals surface area contributed by atoms with Crippen molar-refractivity contribution in [1.82, 2.24) is 15.6 Å². The predicted molar refractivity (Wildman–Crippen MR) is 151 cm³/mol. The van der Waals surface area contributed by atoms with Gasteiger partial charge in [0.25, 0.3) is 11.7 Å². The van der Waals surface area contributed by atoms with Crippen molar-refractivity contribution < 1.29 is 14.5 Å². The second-order valence-corrected chi connectivity index (χ2v) is 11.1. The molecule has 0 aliphatic rings. The summed E-state index contributed by atoms with van der Waals surface area (Å²) in [5.74, 6) is 0.676. The van der Waals surface area contributed by atoms with Gasteiger partial charge in [0.2, 0.25) is 0 Å². The first-order valence-corrected chi connectivity index (χ1v) is 13.6. The van der Waals surface area contributed by atoms with Crippen molar-refractivity contribution in [2.75, 3.05) is 5.75 Å². The van der Waals surface area contributed by atoms with Crippen LogP contribution in [-0.4, -0.2) is 27.6 Å². The van der Waals surface area contributed by atoms with Crippen molar-refractivity contribution in [3.05, 3.63) is 89.5 Å². The van der Waals surface area contributed by atoms with E-state index in [2.05, 4.69) is 84.8 Å². The third-order valence-electron chi connectivity index (χ3n) is 6.16. The van der Waals surface area contributed by atoms with E-state index in [1.165, 1.54) is 29.5 Å². The number of nitrogens with zero attached hydrogens (tertiary/aromatic N) is 3. The first kappa shape index (κ1) is 27.1. The van der Waals surface area contributed by atoms with Crippen LogP contribution in [0, 0.1) is 6.92 Å². The van der Waals surface area contributed by atoms with Gasteiger partial charge in [-0.15, -0.1) is 10.8 Å². The number of hydrazone groups is 1. The Morgan fingerprint density at radius 1 is 1.03 bits per heavy atom. The molecule has 7 nitrogen and oxygen atoms in total. The van der Waals surface area contributed by atoms with Crippen LogP contribution < -0.4 is 15.1 Å². The number of aromatic nitrogens is 3. The Hall–Kier alpha value is -3.91. The van der Waals surface area contributed by atoms with E-state index < -0.39 is 0 Å². The Balaban J connectivity index is 1.56. The molecule has 0 fully saturated rings. The summed E-state index contributed by atoms with van der Waals surface area (Å²) in [7, 11) is 0. The lowest BCUT2D eigenvalue weighted by atomic mass is 9.87. The molecule has 2 N–H and O–H groups in total. The van der Waals surface area contributed by atoms with Crippen LogP contribution >= 0.6 is 11.8 Å². The topological polar surface area (TPSA) is 97.1 Å². The van der Waals surface area contributed by atoms with E-state index in [1.807, 2.05) is 23.6 Å². The molecule has 0 spiro atoms. The zero-order valence-corrected chi connectivity index (χ0v) is 23.2. The van der Waals surface area contributed by atoms with Crippen molar-refractivity contribution in [2.24, 2.45) is 5.10 Å². The zero-order chi connectivity index (χ0) is 27.3. The molecular weight excluding hydrogens is 494 g/mol. The summed E-state index contributed by atoms with van der Waals surface area (Å²) in [6, 6.07) is 23.1. The molecule has 0 atom stereocenters. The van der Waals surface area contributed by atoms with Crippen LogP contribution in [0.3, 0.4) is 0 Å². The Labute approximate surface area is 228 Å². The number of carbonyl (C=O) groups excluding carboxylic acids is 1. The number of thioether (sulfide) groups is 1. The van der Waals surface area contributed by atoms with Gasteiger partial charge in [0, 0.05) is 0 Å². The zero-order valence-electron chi connectivity index (χ0n) is 22.4. The minimum atomic E-state index is -0.240. The molecule has 0 aliphatic carbocycles. The van der Waals surface area contributed by atoms with Gasteiger partial charge in [-0.25, -0.2) is 5.43 Å². The highest BCUT2D eigenvalue weighted by Gasteiger charge is 2.25. The first-order valence-electron chi connectivity index (χ1n) is 12.6. The molecule has 4 aromatic rings. The molecular formula is C30H33N5O2S. The quantitative estimate of drug-likeness (QED) is 0.145. The van der Waals surface area contributed by atoms with Crippen LogP contribution in [0.4, 0.5) is 0 Å². The molecule has 0 bridgehead atoms. The summed E-state index contributed by atoms with van der Waals surface area (Å²) in [6.45, 7) is 10.6. The first-order chi connectivity index (χ1) is 18.2. The molecule has 1 heterocycles. The second-order valence-electron chi connectivity index (χ2n) is 10.1. The van der Waals surface area contributed by atoms with Crippen LogP contribution in [0.1, 0.15) is 50.8 Å². The molecule has 0 unspecified atom stereocenters. The third kappa shape index (κ3) is 6.50. The Morgan fingerprint density at radius 2 is 1.68 bits per heavy atom. The monoisotopic (exact) mass is 527 g/mol. The fraction of sp³-hybridized carbons (Fsp3) is 0.267. The maximum Gasteiger partial charge on any atom is 0.342 e. The van der Waals surface area contributed by atoms with Crippen molar-refractivity contribution in [3.63, 3.8) is 0 Å². The predicted octanol–water partition coefficient (Wildman–Crippen LogP) is 5.06. The molecule has 0 saturated heterocycles. The average Bonchev–Trinajstić information content (AvgIpc) is 3.32. The summed E-state index contributed by atoms with van der Waals surface area (Å²) in [5.41, 5.74) is 8.60. The summed E-state index contributed by atoms with van der Waals surface area (Å²) in [5, 5.41) is 24.1. The number of nitrogens with one attached hydrogen (secondary N) is 2. The van der Waals surface area contributed by atoms with Gasteiger partial charge in [-0.2, -0.15) is 9.67 Å². The lowest BCUT2D eigenvalue weighted by molar-refractivity contribution is -0.625. The Bertz CT molecular complexity index is 1420. The second kappa shape index (κ2) is 11.6. The number of hydrogen-bond donors (Lipinski definition) is 2. The van der Waals surface area contributed by atoms with Crippen LogP contribution in [0.5, 0.6) is 5.75 Å². The summed E-state index contributed by atoms with van der Waals surface area (Å²) >= 11 is 1.33. The van der Waals surface area contributed by atoms with Gasteiger partial charge in [-0.3, -0.25) is 4.79 Å². The van der Waals surface area contributed by atoms with E-state index >= 15 is 0 Å². The number of hydrogen-bond acceptors (Lipinski definition) is 5. The maximum atomic E-state index is 12.7. The smallest absolute Gasteiger partial charge is 0.342 e. The fourth-order valence-corrected chi connectivity index (χ4v) is 4.70. The van der Waals surface area contributed by atoms with Crippen molar-refractivity contribution in [2.45, 2.75) is 51.6 Å². The summed E-state index contributed by atoms with van der Waals surface area (Å²) in [4.78, 5) is 12.7. The standard InChI is InChI=1S/C30H33N5O2S/c1-6-26(21-11-17-25(36)18-12-21)31-32-27(37)19-38-29-34-33-28(35(29)24-15-7-20(2)8-16-24)22-9-13-23(14-10-22)30(3,4)5/h7-18H,6,19H2,1-5H3,(H2,31,32,36,37). The minimum absolute atomic E-state index is 0.0602. The highest BCUT2D eigenvalue weighted by atomic mass is 32.2. The number of aryl methyl sites for hydroxylation is 1. The van der Waals surface area contributed by atoms with E-state index in [-0.39, 0.29) is 22.8 Å². The highest BCUT2D eigenvalue weighted by Crippen LogP contribution is 2.26. The summed E-state index contributed by atoms with van der Waals surface area (Å²) in [6.07, 6.45) is 0.621. The fourth-order valence-electron chi connectivity index (χ4n) is 3.94. The van der Waals surface area contributed by atoms with E-state index in [9.17, 15) is 9.90 Å². The maximum absolute atomic E-state index is 12.7. The van der Waals surface area contributed by atoms with Gasteiger partial charge >= 0.3 is 5.16 Å². The SMILES string of the molecule is CC/C(=N\NC(=O)CSc1n[nH]c(-c2ccc(C(C)(C)C)cc2)[n+]1-c1ccc(C)cc1)c1ccc([O-])cc1. The number of carbonyl (C=O) groups is 1. The molecule has 4 rings (SSSR count). The molecule has 3 aromatic carbocycles. The van der Waals surface area contributed by atoms with Gasteiger partial charge in [0.1, 0.15) is 5.69 Å². The van der Waals surface area contributed by atoms with Gasteiger partial charge in [0.15, 0.2) is 0 Å². The lowest BCUT2D eigenvalue weighted by Crippen LogP contribution is -2.34.